The maximum atomic E-state index is 5.58. The van der Waals surface area contributed by atoms with Gasteiger partial charge in [-0.25, -0.2) is 0 Å². The molecule has 1 aliphatic heterocycles. The Morgan fingerprint density at radius 1 is 1.00 bits per heavy atom. The van der Waals surface area contributed by atoms with Crippen LogP contribution in [0.4, 0.5) is 0 Å². The summed E-state index contributed by atoms with van der Waals surface area (Å²) in [5.74, 6) is 0. The van der Waals surface area contributed by atoms with Crippen molar-refractivity contribution in [3.63, 3.8) is 0 Å². The van der Waals surface area contributed by atoms with Crippen molar-refractivity contribution in [1.29, 1.82) is 0 Å². The van der Waals surface area contributed by atoms with E-state index in [1.807, 2.05) is 0 Å². The molecule has 0 aromatic carbocycles. The highest BCUT2D eigenvalue weighted by Gasteiger charge is 2.24. The maximum Gasteiger partial charge on any atom is 0.0603 e. The minimum absolute atomic E-state index is 0.546. The highest BCUT2D eigenvalue weighted by Crippen LogP contribution is 2.24. The van der Waals surface area contributed by atoms with Gasteiger partial charge < -0.3 is 4.74 Å². The third-order valence-corrected chi connectivity index (χ3v) is 3.15. The predicted molar refractivity (Wildman–Crippen MR) is 61.6 cm³/mol. The zero-order valence-corrected chi connectivity index (χ0v) is 9.93. The average Bonchev–Trinajstić information content (AvgIpc) is 2.13. The van der Waals surface area contributed by atoms with Crippen molar-refractivity contribution in [3.05, 3.63) is 0 Å². The van der Waals surface area contributed by atoms with Gasteiger partial charge in [0, 0.05) is 0 Å². The number of unbranched alkanes of at least 4 members (excludes halogenated alkanes) is 6. The Morgan fingerprint density at radius 3 is 2.14 bits per heavy atom. The molecule has 2 unspecified atom stereocenters. The lowest BCUT2D eigenvalue weighted by Gasteiger charge is -2.33. The summed E-state index contributed by atoms with van der Waals surface area (Å²) < 4.78 is 5.58. The van der Waals surface area contributed by atoms with Gasteiger partial charge in [0.2, 0.25) is 0 Å². The Labute approximate surface area is 89.2 Å². The fraction of sp³-hybridized carbons (Fsp3) is 1.00. The summed E-state index contributed by atoms with van der Waals surface area (Å²) in [6.07, 6.45) is 13.6. The van der Waals surface area contributed by atoms with E-state index in [4.69, 9.17) is 4.74 Å². The minimum atomic E-state index is 0.546. The molecule has 0 aromatic heterocycles. The van der Waals surface area contributed by atoms with Gasteiger partial charge in [0.1, 0.15) is 0 Å². The van der Waals surface area contributed by atoms with Gasteiger partial charge in [-0.1, -0.05) is 51.9 Å². The molecule has 1 nitrogen and oxygen atoms in total. The molecule has 1 rings (SSSR count). The molecule has 84 valence electrons. The monoisotopic (exact) mass is 198 g/mol. The molecule has 0 aromatic rings. The maximum absolute atomic E-state index is 5.58. The van der Waals surface area contributed by atoms with Crippen LogP contribution in [0.1, 0.15) is 71.6 Å². The van der Waals surface area contributed by atoms with E-state index in [0.717, 1.165) is 0 Å². The fourth-order valence-corrected chi connectivity index (χ4v) is 2.20. The van der Waals surface area contributed by atoms with E-state index >= 15 is 0 Å². The molecule has 0 radical (unpaired) electrons. The van der Waals surface area contributed by atoms with Gasteiger partial charge in [0.15, 0.2) is 0 Å². The second-order valence-corrected chi connectivity index (χ2v) is 4.71. The molecule has 0 spiro atoms. The van der Waals surface area contributed by atoms with Crippen LogP contribution in [0.15, 0.2) is 0 Å². The van der Waals surface area contributed by atoms with E-state index in [0.29, 0.717) is 12.2 Å². The van der Waals surface area contributed by atoms with E-state index in [1.165, 1.54) is 57.8 Å². The predicted octanol–water partition coefficient (Wildman–Crippen LogP) is 4.30. The van der Waals surface area contributed by atoms with Crippen LogP contribution in [-0.2, 0) is 4.74 Å². The second kappa shape index (κ2) is 7.28. The van der Waals surface area contributed by atoms with Crippen LogP contribution in [0.3, 0.4) is 0 Å². The Hall–Kier alpha value is -0.0400. The Bertz CT molecular complexity index is 127. The Morgan fingerprint density at radius 2 is 1.57 bits per heavy atom. The van der Waals surface area contributed by atoms with Gasteiger partial charge in [0.25, 0.3) is 0 Å². The van der Waals surface area contributed by atoms with Crippen molar-refractivity contribution in [2.24, 2.45) is 0 Å². The molecule has 1 fully saturated rings. The smallest absolute Gasteiger partial charge is 0.0603 e. The first kappa shape index (κ1) is 12.0. The topological polar surface area (TPSA) is 9.23 Å². The van der Waals surface area contributed by atoms with Crippen LogP contribution in [0, 0.1) is 0 Å². The average molecular weight is 198 g/mol. The summed E-state index contributed by atoms with van der Waals surface area (Å²) >= 11 is 0. The van der Waals surface area contributed by atoms with Gasteiger partial charge >= 0.3 is 0 Å². The first-order chi connectivity index (χ1) is 6.83. The fourth-order valence-electron chi connectivity index (χ4n) is 2.20. The van der Waals surface area contributed by atoms with Crippen LogP contribution >= 0.6 is 0 Å². The molecule has 0 aliphatic carbocycles. The zero-order valence-electron chi connectivity index (χ0n) is 9.93. The lowest BCUT2D eigenvalue weighted by Crippen LogP contribution is -2.34. The molecule has 1 heteroatoms. The molecule has 0 N–H and O–H groups in total. The highest BCUT2D eigenvalue weighted by atomic mass is 16.5. The summed E-state index contributed by atoms with van der Waals surface area (Å²) in [5, 5.41) is 0. The summed E-state index contributed by atoms with van der Waals surface area (Å²) in [5.41, 5.74) is 0. The molecule has 1 aliphatic rings. The molecule has 1 saturated heterocycles. The molecular formula is C13H26O. The normalized spacial score (nSPS) is 26.1. The van der Waals surface area contributed by atoms with Gasteiger partial charge in [-0.2, -0.15) is 0 Å². The molecule has 1 heterocycles. The van der Waals surface area contributed by atoms with E-state index in [2.05, 4.69) is 13.8 Å². The molecule has 0 amide bonds. The van der Waals surface area contributed by atoms with Crippen LogP contribution in [0.2, 0.25) is 0 Å². The molecular weight excluding hydrogens is 172 g/mol. The summed E-state index contributed by atoms with van der Waals surface area (Å²) in [4.78, 5) is 0. The molecule has 0 bridgehead atoms. The number of rotatable bonds is 8. The first-order valence-electron chi connectivity index (χ1n) is 6.48. The van der Waals surface area contributed by atoms with Crippen molar-refractivity contribution < 1.29 is 4.74 Å². The van der Waals surface area contributed by atoms with Crippen molar-refractivity contribution in [2.45, 2.75) is 83.8 Å². The standard InChI is InChI=1S/C13H26O/c1-3-4-5-6-7-8-9-10-13-11-12(2)14-13/h12-13H,3-11H2,1-2H3. The number of hydrogen-bond donors (Lipinski definition) is 0. The number of ether oxygens (including phenoxy) is 1. The summed E-state index contributed by atoms with van der Waals surface area (Å²) in [6, 6.07) is 0. The van der Waals surface area contributed by atoms with Crippen LogP contribution < -0.4 is 0 Å². The zero-order chi connectivity index (χ0) is 10.2. The Kier molecular flexibility index (Phi) is 6.25. The molecule has 14 heavy (non-hydrogen) atoms. The minimum Gasteiger partial charge on any atom is -0.375 e. The van der Waals surface area contributed by atoms with Crippen molar-refractivity contribution >= 4 is 0 Å². The van der Waals surface area contributed by atoms with Crippen LogP contribution in [-0.4, -0.2) is 12.2 Å². The van der Waals surface area contributed by atoms with Crippen molar-refractivity contribution in [3.8, 4) is 0 Å². The van der Waals surface area contributed by atoms with E-state index in [9.17, 15) is 0 Å². The van der Waals surface area contributed by atoms with Crippen LogP contribution in [0.5, 0.6) is 0 Å². The molecule has 0 saturated carbocycles. The van der Waals surface area contributed by atoms with Crippen LogP contribution in [0.25, 0.3) is 0 Å². The van der Waals surface area contributed by atoms with E-state index < -0.39 is 0 Å². The van der Waals surface area contributed by atoms with Gasteiger partial charge in [0.05, 0.1) is 12.2 Å². The lowest BCUT2D eigenvalue weighted by molar-refractivity contribution is -0.117. The van der Waals surface area contributed by atoms with E-state index in [-0.39, 0.29) is 0 Å². The third-order valence-electron chi connectivity index (χ3n) is 3.15. The highest BCUT2D eigenvalue weighted by molar-refractivity contribution is 4.73. The van der Waals surface area contributed by atoms with Gasteiger partial charge in [-0.3, -0.25) is 0 Å². The second-order valence-electron chi connectivity index (χ2n) is 4.71. The third kappa shape index (κ3) is 4.99. The lowest BCUT2D eigenvalue weighted by atomic mass is 9.99. The van der Waals surface area contributed by atoms with Crippen molar-refractivity contribution in [1.82, 2.24) is 0 Å². The van der Waals surface area contributed by atoms with Crippen molar-refractivity contribution in [2.75, 3.05) is 0 Å². The summed E-state index contributed by atoms with van der Waals surface area (Å²) in [6.45, 7) is 4.44. The largest absolute Gasteiger partial charge is 0.375 e. The van der Waals surface area contributed by atoms with Gasteiger partial charge in [-0.05, 0) is 19.8 Å². The first-order valence-corrected chi connectivity index (χ1v) is 6.48. The SMILES string of the molecule is CCCCCCCCCC1CC(C)O1. The number of hydrogen-bond acceptors (Lipinski definition) is 1. The quantitative estimate of drug-likeness (QED) is 0.528. The Balaban J connectivity index is 1.72. The molecule has 2 atom stereocenters. The van der Waals surface area contributed by atoms with Gasteiger partial charge in [-0.15, -0.1) is 0 Å². The van der Waals surface area contributed by atoms with E-state index in [1.54, 1.807) is 0 Å². The summed E-state index contributed by atoms with van der Waals surface area (Å²) in [7, 11) is 0.